The second-order valence-corrected chi connectivity index (χ2v) is 4.21. The number of hydrogen-bond donors (Lipinski definition) is 0. The lowest BCUT2D eigenvalue weighted by atomic mass is 10.2. The largest absolute Gasteiger partial charge is 0.260 e. The molecular weight excluding hydrogens is 237 g/mol. The SMILES string of the molecule is CCC(Cl)Cc1ccc(Br)cn1. The molecule has 1 aromatic heterocycles. The van der Waals surface area contributed by atoms with Crippen molar-refractivity contribution in [3.8, 4) is 0 Å². The van der Waals surface area contributed by atoms with Crippen LogP contribution in [0.1, 0.15) is 19.0 Å². The minimum absolute atomic E-state index is 0.207. The van der Waals surface area contributed by atoms with Crippen LogP contribution in [0, 0.1) is 0 Å². The third kappa shape index (κ3) is 3.11. The molecule has 1 unspecified atom stereocenters. The Hall–Kier alpha value is -0.0800. The third-order valence-electron chi connectivity index (χ3n) is 1.66. The van der Waals surface area contributed by atoms with Gasteiger partial charge in [0, 0.05) is 28.2 Å². The maximum absolute atomic E-state index is 5.99. The standard InChI is InChI=1S/C9H11BrClN/c1-2-8(11)5-9-4-3-7(10)6-12-9/h3-4,6,8H,2,5H2,1H3. The summed E-state index contributed by atoms with van der Waals surface area (Å²) in [6.45, 7) is 2.08. The summed E-state index contributed by atoms with van der Waals surface area (Å²) in [5.74, 6) is 0. The zero-order chi connectivity index (χ0) is 8.97. The zero-order valence-electron chi connectivity index (χ0n) is 6.93. The van der Waals surface area contributed by atoms with Crippen LogP contribution in [0.2, 0.25) is 0 Å². The van der Waals surface area contributed by atoms with Gasteiger partial charge in [0.25, 0.3) is 0 Å². The first-order chi connectivity index (χ1) is 5.72. The van der Waals surface area contributed by atoms with Crippen molar-refractivity contribution >= 4 is 27.5 Å². The molecule has 12 heavy (non-hydrogen) atoms. The lowest BCUT2D eigenvalue weighted by Gasteiger charge is -2.04. The number of hydrogen-bond acceptors (Lipinski definition) is 1. The van der Waals surface area contributed by atoms with Gasteiger partial charge >= 0.3 is 0 Å². The average molecular weight is 249 g/mol. The van der Waals surface area contributed by atoms with Gasteiger partial charge < -0.3 is 0 Å². The fourth-order valence-corrected chi connectivity index (χ4v) is 1.29. The van der Waals surface area contributed by atoms with E-state index in [1.54, 1.807) is 6.20 Å². The molecule has 0 saturated carbocycles. The van der Waals surface area contributed by atoms with Crippen LogP contribution in [0.3, 0.4) is 0 Å². The summed E-state index contributed by atoms with van der Waals surface area (Å²) in [6.07, 6.45) is 3.64. The molecular formula is C9H11BrClN. The van der Waals surface area contributed by atoms with Crippen LogP contribution in [0.25, 0.3) is 0 Å². The number of aromatic nitrogens is 1. The van der Waals surface area contributed by atoms with Crippen LogP contribution in [0.15, 0.2) is 22.8 Å². The maximum atomic E-state index is 5.99. The molecule has 0 N–H and O–H groups in total. The van der Waals surface area contributed by atoms with Gasteiger partial charge in [-0.25, -0.2) is 0 Å². The summed E-state index contributed by atoms with van der Waals surface area (Å²) in [5.41, 5.74) is 1.06. The Kier molecular flexibility index (Phi) is 4.02. The quantitative estimate of drug-likeness (QED) is 0.747. The summed E-state index contributed by atoms with van der Waals surface area (Å²) in [5, 5.41) is 0.207. The minimum Gasteiger partial charge on any atom is -0.260 e. The molecule has 66 valence electrons. The van der Waals surface area contributed by atoms with E-state index in [2.05, 4.69) is 27.8 Å². The third-order valence-corrected chi connectivity index (χ3v) is 2.59. The molecule has 0 aliphatic heterocycles. The van der Waals surface area contributed by atoms with E-state index in [0.29, 0.717) is 0 Å². The molecule has 1 aromatic rings. The topological polar surface area (TPSA) is 12.9 Å². The van der Waals surface area contributed by atoms with Crippen LogP contribution in [0.4, 0.5) is 0 Å². The molecule has 0 spiro atoms. The highest BCUT2D eigenvalue weighted by molar-refractivity contribution is 9.10. The fourth-order valence-electron chi connectivity index (χ4n) is 0.898. The number of rotatable bonds is 3. The summed E-state index contributed by atoms with van der Waals surface area (Å²) in [6, 6.07) is 3.98. The summed E-state index contributed by atoms with van der Waals surface area (Å²) in [4.78, 5) is 4.23. The Labute approximate surface area is 86.3 Å². The second kappa shape index (κ2) is 4.83. The normalized spacial score (nSPS) is 12.9. The molecule has 1 atom stereocenters. The molecule has 0 aliphatic rings. The Morgan fingerprint density at radius 3 is 2.83 bits per heavy atom. The van der Waals surface area contributed by atoms with E-state index in [4.69, 9.17) is 11.6 Å². The monoisotopic (exact) mass is 247 g/mol. The number of alkyl halides is 1. The summed E-state index contributed by atoms with van der Waals surface area (Å²) >= 11 is 9.32. The first kappa shape index (κ1) is 10.0. The Bertz CT molecular complexity index is 235. The van der Waals surface area contributed by atoms with E-state index in [1.165, 1.54) is 0 Å². The number of halogens is 2. The van der Waals surface area contributed by atoms with Crippen molar-refractivity contribution in [3.05, 3.63) is 28.5 Å². The van der Waals surface area contributed by atoms with Crippen molar-refractivity contribution < 1.29 is 0 Å². The van der Waals surface area contributed by atoms with Crippen molar-refractivity contribution in [2.45, 2.75) is 25.1 Å². The van der Waals surface area contributed by atoms with Gasteiger partial charge in [0.2, 0.25) is 0 Å². The van der Waals surface area contributed by atoms with Crippen LogP contribution < -0.4 is 0 Å². The molecule has 0 aromatic carbocycles. The highest BCUT2D eigenvalue weighted by Crippen LogP contribution is 2.12. The molecule has 1 rings (SSSR count). The van der Waals surface area contributed by atoms with Crippen molar-refractivity contribution in [1.82, 2.24) is 4.98 Å². The lowest BCUT2D eigenvalue weighted by molar-refractivity contribution is 0.786. The fraction of sp³-hybridized carbons (Fsp3) is 0.444. The van der Waals surface area contributed by atoms with Gasteiger partial charge in [0.1, 0.15) is 0 Å². The van der Waals surface area contributed by atoms with Crippen LogP contribution >= 0.6 is 27.5 Å². The molecule has 0 fully saturated rings. The number of nitrogens with zero attached hydrogens (tertiary/aromatic N) is 1. The maximum Gasteiger partial charge on any atom is 0.0419 e. The molecule has 1 nitrogen and oxygen atoms in total. The van der Waals surface area contributed by atoms with E-state index in [9.17, 15) is 0 Å². The summed E-state index contributed by atoms with van der Waals surface area (Å²) in [7, 11) is 0. The van der Waals surface area contributed by atoms with Gasteiger partial charge in [-0.1, -0.05) is 6.92 Å². The highest BCUT2D eigenvalue weighted by atomic mass is 79.9. The van der Waals surface area contributed by atoms with Crippen molar-refractivity contribution in [3.63, 3.8) is 0 Å². The lowest BCUT2D eigenvalue weighted by Crippen LogP contribution is -2.02. The molecule has 0 amide bonds. The van der Waals surface area contributed by atoms with Crippen LogP contribution in [-0.2, 0) is 6.42 Å². The minimum atomic E-state index is 0.207. The second-order valence-electron chi connectivity index (χ2n) is 2.68. The van der Waals surface area contributed by atoms with Crippen LogP contribution in [-0.4, -0.2) is 10.4 Å². The number of pyridine rings is 1. The van der Waals surface area contributed by atoms with Gasteiger partial charge in [-0.3, -0.25) is 4.98 Å². The molecule has 0 radical (unpaired) electrons. The predicted octanol–water partition coefficient (Wildman–Crippen LogP) is 3.40. The Morgan fingerprint density at radius 1 is 1.58 bits per heavy atom. The Morgan fingerprint density at radius 2 is 2.33 bits per heavy atom. The first-order valence-corrected chi connectivity index (χ1v) is 5.19. The highest BCUT2D eigenvalue weighted by Gasteiger charge is 2.03. The van der Waals surface area contributed by atoms with Gasteiger partial charge in [0.15, 0.2) is 0 Å². The average Bonchev–Trinajstić information content (AvgIpc) is 2.09. The van der Waals surface area contributed by atoms with Crippen LogP contribution in [0.5, 0.6) is 0 Å². The molecule has 3 heteroatoms. The van der Waals surface area contributed by atoms with E-state index < -0.39 is 0 Å². The van der Waals surface area contributed by atoms with Gasteiger partial charge in [-0.2, -0.15) is 0 Å². The van der Waals surface area contributed by atoms with E-state index in [-0.39, 0.29) is 5.38 Å². The molecule has 0 bridgehead atoms. The first-order valence-electron chi connectivity index (χ1n) is 3.97. The predicted molar refractivity (Wildman–Crippen MR) is 55.6 cm³/mol. The Balaban J connectivity index is 2.58. The van der Waals surface area contributed by atoms with Gasteiger partial charge in [-0.05, 0) is 34.5 Å². The van der Waals surface area contributed by atoms with E-state index in [1.807, 2.05) is 12.1 Å². The smallest absolute Gasteiger partial charge is 0.0419 e. The van der Waals surface area contributed by atoms with Crippen molar-refractivity contribution in [1.29, 1.82) is 0 Å². The van der Waals surface area contributed by atoms with Gasteiger partial charge in [-0.15, -0.1) is 11.6 Å². The molecule has 0 aliphatic carbocycles. The van der Waals surface area contributed by atoms with Crippen molar-refractivity contribution in [2.75, 3.05) is 0 Å². The van der Waals surface area contributed by atoms with E-state index >= 15 is 0 Å². The van der Waals surface area contributed by atoms with Gasteiger partial charge in [0.05, 0.1) is 0 Å². The summed E-state index contributed by atoms with van der Waals surface area (Å²) < 4.78 is 1.01. The van der Waals surface area contributed by atoms with E-state index in [0.717, 1.165) is 23.0 Å². The zero-order valence-corrected chi connectivity index (χ0v) is 9.27. The molecule has 1 heterocycles. The molecule has 0 saturated heterocycles. The van der Waals surface area contributed by atoms with Crippen molar-refractivity contribution in [2.24, 2.45) is 0 Å².